The van der Waals surface area contributed by atoms with Gasteiger partial charge in [0.1, 0.15) is 0 Å². The van der Waals surface area contributed by atoms with Crippen LogP contribution < -0.4 is 5.32 Å². The van der Waals surface area contributed by atoms with E-state index in [0.717, 1.165) is 18.8 Å². The number of hydrogen-bond donors (Lipinski definition) is 1. The van der Waals surface area contributed by atoms with Crippen molar-refractivity contribution in [1.29, 1.82) is 0 Å². The summed E-state index contributed by atoms with van der Waals surface area (Å²) in [6.45, 7) is 5.93. The summed E-state index contributed by atoms with van der Waals surface area (Å²) in [6.07, 6.45) is 0. The predicted molar refractivity (Wildman–Crippen MR) is 82.7 cm³/mol. The molecule has 0 saturated carbocycles. The van der Waals surface area contributed by atoms with E-state index < -0.39 is 0 Å². The molecule has 1 aromatic carbocycles. The molecule has 0 saturated heterocycles. The second-order valence-electron chi connectivity index (χ2n) is 4.46. The lowest BCUT2D eigenvalue weighted by Gasteiger charge is -2.06. The van der Waals surface area contributed by atoms with Crippen molar-refractivity contribution >= 4 is 22.6 Å². The number of rotatable bonds is 4. The van der Waals surface area contributed by atoms with Gasteiger partial charge in [-0.3, -0.25) is 4.68 Å². The van der Waals surface area contributed by atoms with Crippen molar-refractivity contribution in [1.82, 2.24) is 15.1 Å². The molecular weight excluding hydrogens is 337 g/mol. The van der Waals surface area contributed by atoms with E-state index in [1.807, 2.05) is 7.05 Å². The Labute approximate surface area is 122 Å². The summed E-state index contributed by atoms with van der Waals surface area (Å²) < 4.78 is 3.35. The highest BCUT2D eigenvalue weighted by Gasteiger charge is 2.10. The summed E-state index contributed by atoms with van der Waals surface area (Å²) >= 11 is 2.32. The van der Waals surface area contributed by atoms with Crippen molar-refractivity contribution < 1.29 is 0 Å². The summed E-state index contributed by atoms with van der Waals surface area (Å²) in [6, 6.07) is 8.60. The average molecular weight is 355 g/mol. The van der Waals surface area contributed by atoms with Crippen LogP contribution in [-0.2, 0) is 13.1 Å². The minimum absolute atomic E-state index is 0.841. The maximum absolute atomic E-state index is 4.62. The van der Waals surface area contributed by atoms with Crippen LogP contribution in [0.3, 0.4) is 0 Å². The van der Waals surface area contributed by atoms with Crippen LogP contribution >= 0.6 is 22.6 Å². The second kappa shape index (κ2) is 5.84. The fourth-order valence-corrected chi connectivity index (χ4v) is 2.44. The van der Waals surface area contributed by atoms with Crippen molar-refractivity contribution in [3.63, 3.8) is 0 Å². The molecule has 1 aromatic heterocycles. The van der Waals surface area contributed by atoms with Crippen molar-refractivity contribution in [2.75, 3.05) is 7.05 Å². The van der Waals surface area contributed by atoms with E-state index in [-0.39, 0.29) is 0 Å². The first-order valence-corrected chi connectivity index (χ1v) is 7.11. The number of hydrogen-bond acceptors (Lipinski definition) is 2. The maximum Gasteiger partial charge on any atom is 0.0662 e. The fourth-order valence-electron chi connectivity index (χ4n) is 2.08. The molecule has 0 unspecified atom stereocenters. The molecule has 0 atom stereocenters. The van der Waals surface area contributed by atoms with Gasteiger partial charge < -0.3 is 5.32 Å². The zero-order valence-corrected chi connectivity index (χ0v) is 13.2. The topological polar surface area (TPSA) is 29.9 Å². The summed E-state index contributed by atoms with van der Waals surface area (Å²) in [7, 11) is 1.97. The Bertz CT molecular complexity index is 529. The van der Waals surface area contributed by atoms with E-state index >= 15 is 0 Å². The van der Waals surface area contributed by atoms with E-state index in [0.29, 0.717) is 0 Å². The summed E-state index contributed by atoms with van der Waals surface area (Å²) in [4.78, 5) is 0. The Kier molecular flexibility index (Phi) is 4.40. The molecule has 0 aliphatic heterocycles. The Morgan fingerprint density at radius 1 is 1.22 bits per heavy atom. The third kappa shape index (κ3) is 2.92. The van der Waals surface area contributed by atoms with Crippen LogP contribution in [0.25, 0.3) is 0 Å². The van der Waals surface area contributed by atoms with E-state index in [9.17, 15) is 0 Å². The lowest BCUT2D eigenvalue weighted by Crippen LogP contribution is -2.08. The van der Waals surface area contributed by atoms with E-state index in [1.54, 1.807) is 0 Å². The lowest BCUT2D eigenvalue weighted by atomic mass is 10.2. The number of halogens is 1. The molecule has 0 bridgehead atoms. The quantitative estimate of drug-likeness (QED) is 0.855. The third-order valence-electron chi connectivity index (χ3n) is 3.13. The van der Waals surface area contributed by atoms with Crippen LogP contribution in [0.15, 0.2) is 24.3 Å². The van der Waals surface area contributed by atoms with Crippen LogP contribution in [0.2, 0.25) is 0 Å². The zero-order valence-electron chi connectivity index (χ0n) is 11.0. The van der Waals surface area contributed by atoms with Gasteiger partial charge in [0.05, 0.1) is 12.2 Å². The Hall–Kier alpha value is -0.880. The zero-order chi connectivity index (χ0) is 13.1. The number of nitrogens with one attached hydrogen (secondary N) is 1. The van der Waals surface area contributed by atoms with Gasteiger partial charge in [-0.2, -0.15) is 5.10 Å². The third-order valence-corrected chi connectivity index (χ3v) is 3.85. The van der Waals surface area contributed by atoms with Gasteiger partial charge in [0.2, 0.25) is 0 Å². The molecule has 18 heavy (non-hydrogen) atoms. The van der Waals surface area contributed by atoms with Gasteiger partial charge in [0.15, 0.2) is 0 Å². The maximum atomic E-state index is 4.62. The summed E-state index contributed by atoms with van der Waals surface area (Å²) in [5.74, 6) is 0. The van der Waals surface area contributed by atoms with Crippen molar-refractivity contribution in [2.45, 2.75) is 26.9 Å². The normalized spacial score (nSPS) is 10.9. The first-order valence-electron chi connectivity index (χ1n) is 6.03. The van der Waals surface area contributed by atoms with Crippen molar-refractivity contribution in [3.8, 4) is 0 Å². The molecule has 2 aromatic rings. The molecule has 0 aliphatic carbocycles. The summed E-state index contributed by atoms with van der Waals surface area (Å²) in [5.41, 5.74) is 4.97. The monoisotopic (exact) mass is 355 g/mol. The van der Waals surface area contributed by atoms with Gasteiger partial charge in [0.25, 0.3) is 0 Å². The molecule has 0 amide bonds. The van der Waals surface area contributed by atoms with Gasteiger partial charge in [-0.25, -0.2) is 0 Å². The van der Waals surface area contributed by atoms with Crippen LogP contribution in [-0.4, -0.2) is 16.8 Å². The SMILES string of the molecule is CNCc1c(C)nn(Cc2ccc(I)cc2)c1C. The summed E-state index contributed by atoms with van der Waals surface area (Å²) in [5, 5.41) is 7.82. The smallest absolute Gasteiger partial charge is 0.0662 e. The number of aromatic nitrogens is 2. The molecule has 0 aliphatic rings. The number of nitrogens with zero attached hydrogens (tertiary/aromatic N) is 2. The minimum Gasteiger partial charge on any atom is -0.316 e. The fraction of sp³-hybridized carbons (Fsp3) is 0.357. The minimum atomic E-state index is 0.841. The first-order chi connectivity index (χ1) is 8.61. The van der Waals surface area contributed by atoms with Gasteiger partial charge >= 0.3 is 0 Å². The standard InChI is InChI=1S/C14H18IN3/c1-10-14(8-16-3)11(2)18(17-10)9-12-4-6-13(15)7-5-12/h4-7,16H,8-9H2,1-3H3. The van der Waals surface area contributed by atoms with Crippen molar-refractivity contribution in [3.05, 3.63) is 50.4 Å². The predicted octanol–water partition coefficient (Wildman–Crippen LogP) is 2.87. The van der Waals surface area contributed by atoms with Gasteiger partial charge in [0, 0.05) is 21.4 Å². The molecule has 3 nitrogen and oxygen atoms in total. The average Bonchev–Trinajstić information content (AvgIpc) is 2.60. The first kappa shape index (κ1) is 13.5. The van der Waals surface area contributed by atoms with E-state index in [1.165, 1.54) is 20.4 Å². The number of benzene rings is 1. The van der Waals surface area contributed by atoms with Crippen LogP contribution in [0.1, 0.15) is 22.5 Å². The highest BCUT2D eigenvalue weighted by atomic mass is 127. The van der Waals surface area contributed by atoms with Crippen LogP contribution in [0.4, 0.5) is 0 Å². The highest BCUT2D eigenvalue weighted by Crippen LogP contribution is 2.15. The molecule has 0 radical (unpaired) electrons. The number of aryl methyl sites for hydroxylation is 1. The lowest BCUT2D eigenvalue weighted by molar-refractivity contribution is 0.657. The largest absolute Gasteiger partial charge is 0.316 e. The Morgan fingerprint density at radius 2 is 1.89 bits per heavy atom. The van der Waals surface area contributed by atoms with Crippen LogP contribution in [0.5, 0.6) is 0 Å². The van der Waals surface area contributed by atoms with E-state index in [2.05, 4.69) is 75.8 Å². The molecule has 0 fully saturated rings. The van der Waals surface area contributed by atoms with Crippen LogP contribution in [0, 0.1) is 17.4 Å². The molecule has 1 heterocycles. The van der Waals surface area contributed by atoms with Gasteiger partial charge in [-0.15, -0.1) is 0 Å². The van der Waals surface area contributed by atoms with E-state index in [4.69, 9.17) is 0 Å². The van der Waals surface area contributed by atoms with Crippen molar-refractivity contribution in [2.24, 2.45) is 0 Å². The second-order valence-corrected chi connectivity index (χ2v) is 5.71. The highest BCUT2D eigenvalue weighted by molar-refractivity contribution is 14.1. The molecule has 96 valence electrons. The van der Waals surface area contributed by atoms with Gasteiger partial charge in [-0.05, 0) is 61.2 Å². The molecule has 0 spiro atoms. The Morgan fingerprint density at radius 3 is 2.50 bits per heavy atom. The van der Waals surface area contributed by atoms with Gasteiger partial charge in [-0.1, -0.05) is 12.1 Å². The molecular formula is C14H18IN3. The molecule has 4 heteroatoms. The molecule has 1 N–H and O–H groups in total. The molecule has 2 rings (SSSR count). The Balaban J connectivity index is 2.24.